The second-order valence-corrected chi connectivity index (χ2v) is 6.15. The van der Waals surface area contributed by atoms with E-state index in [9.17, 15) is 0 Å². The van der Waals surface area contributed by atoms with Gasteiger partial charge in [-0.15, -0.1) is 0 Å². The molecule has 1 aliphatic heterocycles. The Kier molecular flexibility index (Phi) is 4.30. The molecule has 0 atom stereocenters. The fraction of sp³-hybridized carbons (Fsp3) is 1.00. The molecule has 2 fully saturated rings. The van der Waals surface area contributed by atoms with E-state index in [2.05, 4.69) is 20.8 Å². The lowest BCUT2D eigenvalue weighted by Gasteiger charge is -2.35. The Morgan fingerprint density at radius 3 is 1.93 bits per heavy atom. The van der Waals surface area contributed by atoms with E-state index in [1.54, 1.807) is 0 Å². The maximum atomic E-state index is 3.73. The Hall–Kier alpha value is 0.440. The van der Waals surface area contributed by atoms with Crippen LogP contribution in [0.2, 0.25) is 0 Å². The van der Waals surface area contributed by atoms with E-state index in [0.717, 1.165) is 10.9 Å². The molecule has 1 saturated carbocycles. The van der Waals surface area contributed by atoms with Crippen LogP contribution in [0.15, 0.2) is 0 Å². The van der Waals surface area contributed by atoms with Crippen molar-refractivity contribution in [2.24, 2.45) is 0 Å². The zero-order valence-corrected chi connectivity index (χ0v) is 10.6. The molecule has 0 aromatic heterocycles. The molecule has 1 nitrogen and oxygen atoms in total. The molecule has 2 rings (SSSR count). The highest BCUT2D eigenvalue weighted by Gasteiger charge is 2.24. The van der Waals surface area contributed by atoms with Crippen molar-refractivity contribution in [2.75, 3.05) is 13.1 Å². The third kappa shape index (κ3) is 2.96. The zero-order chi connectivity index (χ0) is 9.80. The first-order valence-corrected chi connectivity index (χ1v) is 7.16. The van der Waals surface area contributed by atoms with Gasteiger partial charge in [-0.2, -0.15) is 0 Å². The average molecular weight is 260 g/mol. The summed E-state index contributed by atoms with van der Waals surface area (Å²) in [5.41, 5.74) is 0. The molecule has 0 spiro atoms. The van der Waals surface area contributed by atoms with Gasteiger partial charge in [-0.1, -0.05) is 41.6 Å². The first-order chi connectivity index (χ1) is 6.86. The van der Waals surface area contributed by atoms with Gasteiger partial charge in [0.25, 0.3) is 0 Å². The molecule has 1 aliphatic carbocycles. The Morgan fingerprint density at radius 1 is 0.786 bits per heavy atom. The molecule has 0 bridgehead atoms. The van der Waals surface area contributed by atoms with E-state index in [1.165, 1.54) is 64.5 Å². The van der Waals surface area contributed by atoms with Gasteiger partial charge in [0.1, 0.15) is 0 Å². The van der Waals surface area contributed by atoms with Gasteiger partial charge in [0.15, 0.2) is 0 Å². The second-order valence-electron chi connectivity index (χ2n) is 4.86. The summed E-state index contributed by atoms with van der Waals surface area (Å²) in [7, 11) is 0. The van der Waals surface area contributed by atoms with E-state index in [0.29, 0.717) is 0 Å². The molecule has 0 unspecified atom stereocenters. The van der Waals surface area contributed by atoms with Crippen LogP contribution < -0.4 is 0 Å². The minimum Gasteiger partial charge on any atom is -0.300 e. The molecule has 0 aromatic rings. The fourth-order valence-electron chi connectivity index (χ4n) is 2.86. The second kappa shape index (κ2) is 5.50. The Balaban J connectivity index is 1.81. The van der Waals surface area contributed by atoms with Gasteiger partial charge >= 0.3 is 0 Å². The van der Waals surface area contributed by atoms with Crippen LogP contribution in [0.3, 0.4) is 0 Å². The molecule has 0 aromatic carbocycles. The molecule has 0 radical (unpaired) electrons. The van der Waals surface area contributed by atoms with E-state index in [-0.39, 0.29) is 0 Å². The first kappa shape index (κ1) is 10.9. The van der Waals surface area contributed by atoms with Crippen molar-refractivity contribution in [3.05, 3.63) is 0 Å². The summed E-state index contributed by atoms with van der Waals surface area (Å²) in [5, 5.41) is 0. The number of likely N-dealkylation sites (tertiary alicyclic amines) is 1. The smallest absolute Gasteiger partial charge is 0.0170 e. The monoisotopic (exact) mass is 259 g/mol. The number of rotatable bonds is 1. The van der Waals surface area contributed by atoms with E-state index in [1.807, 2.05) is 0 Å². The lowest BCUT2D eigenvalue weighted by Crippen LogP contribution is -2.41. The highest BCUT2D eigenvalue weighted by Crippen LogP contribution is 2.26. The Labute approximate surface area is 96.4 Å². The predicted molar refractivity (Wildman–Crippen MR) is 65.0 cm³/mol. The molecular weight excluding hydrogens is 238 g/mol. The van der Waals surface area contributed by atoms with Gasteiger partial charge in [0, 0.05) is 10.9 Å². The normalized spacial score (nSPS) is 28.9. The minimum absolute atomic E-state index is 0.796. The third-order valence-electron chi connectivity index (χ3n) is 3.80. The van der Waals surface area contributed by atoms with E-state index < -0.39 is 0 Å². The Morgan fingerprint density at radius 2 is 1.36 bits per heavy atom. The average Bonchev–Trinajstić information content (AvgIpc) is 2.47. The van der Waals surface area contributed by atoms with Gasteiger partial charge in [-0.05, 0) is 38.8 Å². The molecule has 0 amide bonds. The highest BCUT2D eigenvalue weighted by molar-refractivity contribution is 9.09. The maximum Gasteiger partial charge on any atom is 0.0170 e. The van der Waals surface area contributed by atoms with Gasteiger partial charge in [0.05, 0.1) is 0 Å². The largest absolute Gasteiger partial charge is 0.300 e. The molecule has 14 heavy (non-hydrogen) atoms. The summed E-state index contributed by atoms with van der Waals surface area (Å²) in [4.78, 5) is 3.55. The van der Waals surface area contributed by atoms with Crippen molar-refractivity contribution >= 4 is 15.9 Å². The van der Waals surface area contributed by atoms with Crippen LogP contribution in [0, 0.1) is 0 Å². The summed E-state index contributed by atoms with van der Waals surface area (Å²) in [6.45, 7) is 2.67. The van der Waals surface area contributed by atoms with Crippen molar-refractivity contribution in [1.82, 2.24) is 4.90 Å². The van der Waals surface area contributed by atoms with Crippen LogP contribution >= 0.6 is 15.9 Å². The molecule has 2 aliphatic rings. The number of hydrogen-bond donors (Lipinski definition) is 0. The van der Waals surface area contributed by atoms with Crippen LogP contribution in [0.25, 0.3) is 0 Å². The number of hydrogen-bond acceptors (Lipinski definition) is 1. The van der Waals surface area contributed by atoms with Crippen molar-refractivity contribution in [3.8, 4) is 0 Å². The molecule has 2 heteroatoms. The van der Waals surface area contributed by atoms with Crippen LogP contribution in [0.1, 0.15) is 51.4 Å². The molecular formula is C12H22BrN. The van der Waals surface area contributed by atoms with Crippen LogP contribution in [0.5, 0.6) is 0 Å². The quantitative estimate of drug-likeness (QED) is 0.514. The predicted octanol–water partition coefficient (Wildman–Crippen LogP) is 3.57. The fourth-order valence-corrected chi connectivity index (χ4v) is 3.27. The highest BCUT2D eigenvalue weighted by atomic mass is 79.9. The van der Waals surface area contributed by atoms with Gasteiger partial charge in [0.2, 0.25) is 0 Å². The maximum absolute atomic E-state index is 3.73. The van der Waals surface area contributed by atoms with Crippen LogP contribution in [-0.2, 0) is 0 Å². The minimum atomic E-state index is 0.796. The summed E-state index contributed by atoms with van der Waals surface area (Å²) < 4.78 is 0. The SMILES string of the molecule is BrC1CCN(C2CCCCCC2)CC1. The summed E-state index contributed by atoms with van der Waals surface area (Å²) >= 11 is 3.73. The molecule has 82 valence electrons. The number of halogens is 1. The van der Waals surface area contributed by atoms with Crippen LogP contribution in [-0.4, -0.2) is 28.9 Å². The standard InChI is InChI=1S/C12H22BrN/c13-11-7-9-14(10-8-11)12-5-3-1-2-4-6-12/h11-12H,1-10H2. The molecule has 1 heterocycles. The lowest BCUT2D eigenvalue weighted by atomic mass is 10.0. The Bertz CT molecular complexity index is 156. The first-order valence-electron chi connectivity index (χ1n) is 6.24. The third-order valence-corrected chi connectivity index (χ3v) is 4.72. The van der Waals surface area contributed by atoms with Gasteiger partial charge < -0.3 is 4.90 Å². The van der Waals surface area contributed by atoms with Crippen LogP contribution in [0.4, 0.5) is 0 Å². The van der Waals surface area contributed by atoms with E-state index in [4.69, 9.17) is 0 Å². The topological polar surface area (TPSA) is 3.24 Å². The van der Waals surface area contributed by atoms with Crippen molar-refractivity contribution in [1.29, 1.82) is 0 Å². The molecule has 0 N–H and O–H groups in total. The van der Waals surface area contributed by atoms with Crippen molar-refractivity contribution in [3.63, 3.8) is 0 Å². The van der Waals surface area contributed by atoms with Gasteiger partial charge in [-0.3, -0.25) is 0 Å². The lowest BCUT2D eigenvalue weighted by molar-refractivity contribution is 0.152. The van der Waals surface area contributed by atoms with Crippen molar-refractivity contribution in [2.45, 2.75) is 62.2 Å². The van der Waals surface area contributed by atoms with E-state index >= 15 is 0 Å². The van der Waals surface area contributed by atoms with Crippen molar-refractivity contribution < 1.29 is 0 Å². The summed E-state index contributed by atoms with van der Waals surface area (Å²) in [6, 6.07) is 0.928. The summed E-state index contributed by atoms with van der Waals surface area (Å²) in [6.07, 6.45) is 11.5. The molecule has 1 saturated heterocycles. The number of piperidine rings is 1. The number of nitrogens with zero attached hydrogens (tertiary/aromatic N) is 1. The number of alkyl halides is 1. The zero-order valence-electron chi connectivity index (χ0n) is 9.05. The van der Waals surface area contributed by atoms with Gasteiger partial charge in [-0.25, -0.2) is 0 Å². The summed E-state index contributed by atoms with van der Waals surface area (Å²) in [5.74, 6) is 0.